The predicted octanol–water partition coefficient (Wildman–Crippen LogP) is 2.58. The summed E-state index contributed by atoms with van der Waals surface area (Å²) in [4.78, 5) is 11.8. The van der Waals surface area contributed by atoms with Crippen molar-refractivity contribution in [1.82, 2.24) is 5.32 Å². The van der Waals surface area contributed by atoms with Crippen LogP contribution in [0.1, 0.15) is 25.3 Å². The van der Waals surface area contributed by atoms with Gasteiger partial charge in [-0.3, -0.25) is 4.79 Å². The van der Waals surface area contributed by atoms with Gasteiger partial charge in [-0.1, -0.05) is 11.6 Å². The standard InChI is InChI=1S/C15H20ClNO3/c1-2-19-13-6-5-12(16)10-11(13)7-8-17-15(18)14-4-3-9-20-14/h5-6,10,14H,2-4,7-9H2,1H3,(H,17,18)/t14-/m1/s1. The lowest BCUT2D eigenvalue weighted by molar-refractivity contribution is -0.129. The third-order valence-electron chi connectivity index (χ3n) is 3.24. The molecule has 0 saturated carbocycles. The van der Waals surface area contributed by atoms with E-state index in [4.69, 9.17) is 21.1 Å². The van der Waals surface area contributed by atoms with Gasteiger partial charge in [0.15, 0.2) is 0 Å². The summed E-state index contributed by atoms with van der Waals surface area (Å²) in [6.45, 7) is 3.79. The third-order valence-corrected chi connectivity index (χ3v) is 3.47. The summed E-state index contributed by atoms with van der Waals surface area (Å²) in [5.41, 5.74) is 1.01. The Balaban J connectivity index is 1.86. The molecule has 1 aliphatic rings. The molecule has 1 fully saturated rings. The Labute approximate surface area is 124 Å². The predicted molar refractivity (Wildman–Crippen MR) is 78.3 cm³/mol. The average Bonchev–Trinajstić information content (AvgIpc) is 2.96. The van der Waals surface area contributed by atoms with E-state index in [-0.39, 0.29) is 12.0 Å². The SMILES string of the molecule is CCOc1ccc(Cl)cc1CCNC(=O)[C@H]1CCCO1. The minimum absolute atomic E-state index is 0.0255. The zero-order valence-corrected chi connectivity index (χ0v) is 12.4. The lowest BCUT2D eigenvalue weighted by atomic mass is 10.1. The maximum absolute atomic E-state index is 11.8. The first kappa shape index (κ1) is 15.1. The highest BCUT2D eigenvalue weighted by Crippen LogP contribution is 2.23. The van der Waals surface area contributed by atoms with Gasteiger partial charge in [-0.25, -0.2) is 0 Å². The van der Waals surface area contributed by atoms with Crippen molar-refractivity contribution in [2.24, 2.45) is 0 Å². The molecule has 0 spiro atoms. The smallest absolute Gasteiger partial charge is 0.249 e. The summed E-state index contributed by atoms with van der Waals surface area (Å²) >= 11 is 6.00. The minimum atomic E-state index is -0.277. The fourth-order valence-electron chi connectivity index (χ4n) is 2.26. The van der Waals surface area contributed by atoms with Crippen molar-refractivity contribution in [3.63, 3.8) is 0 Å². The number of nitrogens with one attached hydrogen (secondary N) is 1. The second kappa shape index (κ2) is 7.50. The molecule has 1 heterocycles. The van der Waals surface area contributed by atoms with E-state index >= 15 is 0 Å². The van der Waals surface area contributed by atoms with E-state index in [9.17, 15) is 4.79 Å². The molecule has 0 aliphatic carbocycles. The van der Waals surface area contributed by atoms with E-state index in [1.807, 2.05) is 19.1 Å². The minimum Gasteiger partial charge on any atom is -0.494 e. The Morgan fingerprint density at radius 2 is 2.40 bits per heavy atom. The van der Waals surface area contributed by atoms with Gasteiger partial charge in [-0.05, 0) is 49.9 Å². The van der Waals surface area contributed by atoms with E-state index in [1.165, 1.54) is 0 Å². The molecule has 1 saturated heterocycles. The third kappa shape index (κ3) is 4.12. The number of carbonyl (C=O) groups is 1. The van der Waals surface area contributed by atoms with Gasteiger partial charge in [0.25, 0.3) is 0 Å². The summed E-state index contributed by atoms with van der Waals surface area (Å²) in [7, 11) is 0. The van der Waals surface area contributed by atoms with Gasteiger partial charge in [0.05, 0.1) is 6.61 Å². The van der Waals surface area contributed by atoms with Crippen molar-refractivity contribution >= 4 is 17.5 Å². The number of ether oxygens (including phenoxy) is 2. The van der Waals surface area contributed by atoms with Gasteiger partial charge in [-0.15, -0.1) is 0 Å². The summed E-state index contributed by atoms with van der Waals surface area (Å²) < 4.78 is 10.9. The van der Waals surface area contributed by atoms with Crippen LogP contribution in [0.2, 0.25) is 5.02 Å². The molecule has 0 radical (unpaired) electrons. The van der Waals surface area contributed by atoms with Crippen LogP contribution in [0.15, 0.2) is 18.2 Å². The monoisotopic (exact) mass is 297 g/mol. The van der Waals surface area contributed by atoms with Crippen LogP contribution in [-0.4, -0.2) is 31.8 Å². The quantitative estimate of drug-likeness (QED) is 0.878. The topological polar surface area (TPSA) is 47.6 Å². The van der Waals surface area contributed by atoms with E-state index < -0.39 is 0 Å². The van der Waals surface area contributed by atoms with Crippen LogP contribution < -0.4 is 10.1 Å². The second-order valence-corrected chi connectivity index (χ2v) is 5.16. The maximum atomic E-state index is 11.8. The van der Waals surface area contributed by atoms with Gasteiger partial charge in [-0.2, -0.15) is 0 Å². The highest BCUT2D eigenvalue weighted by molar-refractivity contribution is 6.30. The molecule has 1 atom stereocenters. The molecule has 1 amide bonds. The first-order chi connectivity index (χ1) is 9.70. The zero-order valence-electron chi connectivity index (χ0n) is 11.7. The Bertz CT molecular complexity index is 458. The first-order valence-electron chi connectivity index (χ1n) is 7.01. The van der Waals surface area contributed by atoms with Gasteiger partial charge < -0.3 is 14.8 Å². The second-order valence-electron chi connectivity index (χ2n) is 4.73. The molecule has 1 N–H and O–H groups in total. The molecule has 2 rings (SSSR count). The van der Waals surface area contributed by atoms with Crippen molar-refractivity contribution in [2.75, 3.05) is 19.8 Å². The summed E-state index contributed by atoms with van der Waals surface area (Å²) in [6.07, 6.45) is 2.18. The summed E-state index contributed by atoms with van der Waals surface area (Å²) in [5.74, 6) is 0.797. The van der Waals surface area contributed by atoms with Crippen LogP contribution >= 0.6 is 11.6 Å². The molecule has 1 aromatic rings. The van der Waals surface area contributed by atoms with E-state index in [0.29, 0.717) is 31.2 Å². The largest absolute Gasteiger partial charge is 0.494 e. The number of benzene rings is 1. The molecule has 110 valence electrons. The fraction of sp³-hybridized carbons (Fsp3) is 0.533. The van der Waals surface area contributed by atoms with E-state index in [0.717, 1.165) is 24.2 Å². The zero-order chi connectivity index (χ0) is 14.4. The van der Waals surface area contributed by atoms with Crippen LogP contribution in [0.4, 0.5) is 0 Å². The number of rotatable bonds is 6. The Morgan fingerprint density at radius 1 is 1.55 bits per heavy atom. The molecular weight excluding hydrogens is 278 g/mol. The van der Waals surface area contributed by atoms with Crippen LogP contribution in [-0.2, 0) is 16.0 Å². The Morgan fingerprint density at radius 3 is 3.10 bits per heavy atom. The van der Waals surface area contributed by atoms with Crippen LogP contribution in [0, 0.1) is 0 Å². The van der Waals surface area contributed by atoms with Crippen LogP contribution in [0.3, 0.4) is 0 Å². The number of halogens is 1. The van der Waals surface area contributed by atoms with Crippen molar-refractivity contribution in [2.45, 2.75) is 32.3 Å². The average molecular weight is 298 g/mol. The van der Waals surface area contributed by atoms with Gasteiger partial charge in [0.2, 0.25) is 5.91 Å². The first-order valence-corrected chi connectivity index (χ1v) is 7.39. The molecule has 1 aliphatic heterocycles. The molecule has 5 heteroatoms. The van der Waals surface area contributed by atoms with Gasteiger partial charge in [0, 0.05) is 18.2 Å². The fourth-order valence-corrected chi connectivity index (χ4v) is 2.45. The summed E-state index contributed by atoms with van der Waals surface area (Å²) in [6, 6.07) is 5.55. The molecule has 0 bridgehead atoms. The van der Waals surface area contributed by atoms with E-state index in [1.54, 1.807) is 6.07 Å². The highest BCUT2D eigenvalue weighted by atomic mass is 35.5. The van der Waals surface area contributed by atoms with Crippen LogP contribution in [0.25, 0.3) is 0 Å². The van der Waals surface area contributed by atoms with E-state index in [2.05, 4.69) is 5.32 Å². The molecule has 0 aromatic heterocycles. The van der Waals surface area contributed by atoms with Gasteiger partial charge >= 0.3 is 0 Å². The molecule has 20 heavy (non-hydrogen) atoms. The van der Waals surface area contributed by atoms with Crippen molar-refractivity contribution < 1.29 is 14.3 Å². The normalized spacial score (nSPS) is 18.0. The lowest BCUT2D eigenvalue weighted by Crippen LogP contribution is -2.35. The van der Waals surface area contributed by atoms with Crippen LogP contribution in [0.5, 0.6) is 5.75 Å². The van der Waals surface area contributed by atoms with Gasteiger partial charge in [0.1, 0.15) is 11.9 Å². The Hall–Kier alpha value is -1.26. The molecule has 1 aromatic carbocycles. The number of amides is 1. The molecule has 4 nitrogen and oxygen atoms in total. The lowest BCUT2D eigenvalue weighted by Gasteiger charge is -2.13. The number of hydrogen-bond donors (Lipinski definition) is 1. The number of hydrogen-bond acceptors (Lipinski definition) is 3. The number of carbonyl (C=O) groups excluding carboxylic acids is 1. The summed E-state index contributed by atoms with van der Waals surface area (Å²) in [5, 5.41) is 3.57. The highest BCUT2D eigenvalue weighted by Gasteiger charge is 2.22. The van der Waals surface area contributed by atoms with Crippen molar-refractivity contribution in [1.29, 1.82) is 0 Å². The molecular formula is C15H20ClNO3. The van der Waals surface area contributed by atoms with Crippen molar-refractivity contribution in [3.8, 4) is 5.75 Å². The van der Waals surface area contributed by atoms with Crippen molar-refractivity contribution in [3.05, 3.63) is 28.8 Å². The molecule has 0 unspecified atom stereocenters. The Kier molecular flexibility index (Phi) is 5.68. The maximum Gasteiger partial charge on any atom is 0.249 e.